The van der Waals surface area contributed by atoms with E-state index < -0.39 is 7.26 Å². The fourth-order valence-corrected chi connectivity index (χ4v) is 5.23. The van der Waals surface area contributed by atoms with E-state index in [1.807, 2.05) is 0 Å². The van der Waals surface area contributed by atoms with E-state index in [-0.39, 0.29) is 0 Å². The monoisotopic (exact) mass is 330 g/mol. The van der Waals surface area contributed by atoms with Gasteiger partial charge in [0.05, 0.1) is 0 Å². The Morgan fingerprint density at radius 2 is 1.12 bits per heavy atom. The molecule has 0 aliphatic rings. The second-order valence-corrected chi connectivity index (χ2v) is 12.5. The van der Waals surface area contributed by atoms with Gasteiger partial charge in [0.2, 0.25) is 0 Å². The van der Waals surface area contributed by atoms with Crippen LogP contribution in [-0.4, -0.2) is 20.0 Å². The van der Waals surface area contributed by atoms with Crippen LogP contribution < -0.4 is 5.30 Å². The molecule has 4 aromatic rings. The van der Waals surface area contributed by atoms with Gasteiger partial charge in [-0.1, -0.05) is 0 Å². The molecule has 4 aromatic carbocycles. The Balaban J connectivity index is 2.18. The molecule has 4 rings (SSSR count). The van der Waals surface area contributed by atoms with E-state index in [4.69, 9.17) is 0 Å². The average Bonchev–Trinajstić information content (AvgIpc) is 2.59. The summed E-state index contributed by atoms with van der Waals surface area (Å²) >= 11 is 0. The van der Waals surface area contributed by atoms with Gasteiger partial charge >= 0.3 is 144 Å². The Morgan fingerprint density at radius 1 is 0.542 bits per heavy atom. The Morgan fingerprint density at radius 3 is 1.83 bits per heavy atom. The molecule has 24 heavy (non-hydrogen) atoms. The summed E-state index contributed by atoms with van der Waals surface area (Å²) in [4.78, 5) is 0. The Bertz CT molecular complexity index is 1030. The van der Waals surface area contributed by atoms with E-state index in [1.165, 1.54) is 38.0 Å². The summed E-state index contributed by atoms with van der Waals surface area (Å²) in [5, 5.41) is 6.88. The summed E-state index contributed by atoms with van der Waals surface area (Å²) in [5.74, 6) is 0. The zero-order valence-corrected chi connectivity index (χ0v) is 15.5. The molecule has 0 N–H and O–H groups in total. The van der Waals surface area contributed by atoms with E-state index in [9.17, 15) is 0 Å². The molecule has 0 aliphatic heterocycles. The van der Waals surface area contributed by atoms with Crippen molar-refractivity contribution >= 4 is 34.1 Å². The van der Waals surface area contributed by atoms with Gasteiger partial charge in [0.15, 0.2) is 0 Å². The number of hydrogen-bond donors (Lipinski definition) is 0. The van der Waals surface area contributed by atoms with Crippen molar-refractivity contribution in [3.8, 4) is 11.1 Å². The second-order valence-electron chi connectivity index (χ2n) is 7.49. The Kier molecular flexibility index (Phi) is 3.66. The van der Waals surface area contributed by atoms with Crippen molar-refractivity contribution in [2.24, 2.45) is 0 Å². The predicted octanol–water partition coefficient (Wildman–Crippen LogP) is 5.92. The number of benzene rings is 4. The summed E-state index contributed by atoms with van der Waals surface area (Å²) in [5.41, 5.74) is 2.80. The molecule has 0 spiro atoms. The molecule has 120 valence electrons. The van der Waals surface area contributed by atoms with Crippen molar-refractivity contribution in [3.63, 3.8) is 0 Å². The third-order valence-electron chi connectivity index (χ3n) is 4.80. The molecule has 0 amide bonds. The molecule has 0 saturated carbocycles. The van der Waals surface area contributed by atoms with E-state index in [1.54, 1.807) is 0 Å². The first kappa shape index (κ1) is 15.4. The van der Waals surface area contributed by atoms with Gasteiger partial charge in [-0.25, -0.2) is 0 Å². The van der Waals surface area contributed by atoms with Gasteiger partial charge in [-0.2, -0.15) is 0 Å². The van der Waals surface area contributed by atoms with E-state index >= 15 is 0 Å². The summed E-state index contributed by atoms with van der Waals surface area (Å²) in [6.07, 6.45) is 0. The van der Waals surface area contributed by atoms with Crippen LogP contribution in [0.1, 0.15) is 0 Å². The van der Waals surface area contributed by atoms with Gasteiger partial charge in [-0.15, -0.1) is 0 Å². The Hall–Kier alpha value is -2.17. The van der Waals surface area contributed by atoms with Gasteiger partial charge in [0, 0.05) is 0 Å². The maximum absolute atomic E-state index is 2.44. The molecule has 0 heterocycles. The molecule has 0 saturated heterocycles. The summed E-state index contributed by atoms with van der Waals surface area (Å²) in [7, 11) is -1.47. The van der Waals surface area contributed by atoms with Crippen molar-refractivity contribution in [1.82, 2.24) is 0 Å². The molecular weight excluding hydrogens is 307 g/mol. The first-order valence-corrected chi connectivity index (χ1v) is 12.1. The fourth-order valence-electron chi connectivity index (χ4n) is 3.63. The van der Waals surface area contributed by atoms with Gasteiger partial charge in [0.25, 0.3) is 0 Å². The molecule has 0 fully saturated rings. The van der Waals surface area contributed by atoms with Crippen molar-refractivity contribution < 1.29 is 0 Å². The first-order valence-electron chi connectivity index (χ1n) is 8.56. The van der Waals surface area contributed by atoms with Gasteiger partial charge in [-0.05, 0) is 0 Å². The minimum atomic E-state index is -1.47. The third kappa shape index (κ3) is 2.52. The van der Waals surface area contributed by atoms with E-state index in [0.29, 0.717) is 0 Å². The maximum atomic E-state index is 2.44. The number of rotatable bonds is 2. The normalized spacial score (nSPS) is 12.6. The summed E-state index contributed by atoms with van der Waals surface area (Å²) in [6.45, 7) is 7.31. The summed E-state index contributed by atoms with van der Waals surface area (Å²) in [6, 6.07) is 28.8. The quantitative estimate of drug-likeness (QED) is 0.400. The van der Waals surface area contributed by atoms with Crippen LogP contribution in [0.5, 0.6) is 0 Å². The average molecular weight is 330 g/mol. The van der Waals surface area contributed by atoms with E-state index in [0.717, 1.165) is 0 Å². The van der Waals surface area contributed by atoms with Crippen molar-refractivity contribution in [2.75, 3.05) is 20.0 Å². The molecule has 0 atom stereocenters. The molecule has 0 nitrogen and oxygen atoms in total. The van der Waals surface area contributed by atoms with Gasteiger partial charge < -0.3 is 0 Å². The van der Waals surface area contributed by atoms with Crippen LogP contribution in [-0.2, 0) is 0 Å². The molecule has 0 bridgehead atoms. The minimum absolute atomic E-state index is 1.31. The first-order chi connectivity index (χ1) is 11.6. The fraction of sp³-hybridized carbons (Fsp3) is 0.130. The summed E-state index contributed by atoms with van der Waals surface area (Å²) < 4.78 is 0. The second kappa shape index (κ2) is 5.72. The molecular formula is C23H23P. The number of fused-ring (bicyclic) bond motifs is 2. The predicted molar refractivity (Wildman–Crippen MR) is 113 cm³/mol. The van der Waals surface area contributed by atoms with Crippen LogP contribution in [0.3, 0.4) is 0 Å². The van der Waals surface area contributed by atoms with Crippen LogP contribution >= 0.6 is 7.26 Å². The number of hydrogen-bond acceptors (Lipinski definition) is 0. The molecule has 1 heteroatoms. The molecule has 0 aliphatic carbocycles. The molecule has 0 aromatic heterocycles. The standard InChI is InChI=1S/C23H23P/c1-24(2,3)22-16-15-18-10-5-7-13-20(18)23(22)21-14-8-11-17-9-4-6-12-19(17)21/h4-16,24H,1-3H3. The van der Waals surface area contributed by atoms with Gasteiger partial charge in [-0.3, -0.25) is 0 Å². The zero-order valence-electron chi connectivity index (χ0n) is 14.5. The van der Waals surface area contributed by atoms with Gasteiger partial charge in [0.1, 0.15) is 0 Å². The van der Waals surface area contributed by atoms with Crippen LogP contribution in [0.15, 0.2) is 78.9 Å². The Labute approximate surface area is 144 Å². The third-order valence-corrected chi connectivity index (χ3v) is 6.83. The van der Waals surface area contributed by atoms with Crippen LogP contribution in [0.4, 0.5) is 0 Å². The molecule has 0 unspecified atom stereocenters. The van der Waals surface area contributed by atoms with Crippen molar-refractivity contribution in [1.29, 1.82) is 0 Å². The van der Waals surface area contributed by atoms with Crippen molar-refractivity contribution in [3.05, 3.63) is 78.9 Å². The zero-order chi connectivity index (χ0) is 16.7. The topological polar surface area (TPSA) is 0 Å². The van der Waals surface area contributed by atoms with E-state index in [2.05, 4.69) is 98.9 Å². The SMILES string of the molecule is C[PH](C)(C)c1ccc2ccccc2c1-c1cccc2ccccc12. The van der Waals surface area contributed by atoms with Crippen LogP contribution in [0, 0.1) is 0 Å². The van der Waals surface area contributed by atoms with Crippen molar-refractivity contribution in [2.45, 2.75) is 0 Å². The van der Waals surface area contributed by atoms with Crippen LogP contribution in [0.25, 0.3) is 32.7 Å². The van der Waals surface area contributed by atoms with Crippen LogP contribution in [0.2, 0.25) is 0 Å². The molecule has 0 radical (unpaired) electrons.